The Labute approximate surface area is 195 Å². The van der Waals surface area contributed by atoms with Crippen molar-refractivity contribution in [2.75, 3.05) is 17.2 Å². The number of alkyl halides is 3. The van der Waals surface area contributed by atoms with E-state index in [1.807, 2.05) is 0 Å². The molecule has 1 aromatic carbocycles. The first-order valence-electron chi connectivity index (χ1n) is 11.5. The Bertz CT molecular complexity index is 1100. The van der Waals surface area contributed by atoms with Crippen molar-refractivity contribution < 1.29 is 17.9 Å². The Morgan fingerprint density at radius 3 is 2.56 bits per heavy atom. The number of nitriles is 1. The van der Waals surface area contributed by atoms with Crippen LogP contribution >= 0.6 is 0 Å². The molecule has 10 heteroatoms. The van der Waals surface area contributed by atoms with E-state index in [0.29, 0.717) is 35.3 Å². The van der Waals surface area contributed by atoms with E-state index in [-0.39, 0.29) is 29.2 Å². The highest BCUT2D eigenvalue weighted by atomic mass is 19.4. The maximum Gasteiger partial charge on any atom is 0.573 e. The number of benzene rings is 1. The van der Waals surface area contributed by atoms with E-state index in [0.717, 1.165) is 32.1 Å². The largest absolute Gasteiger partial charge is 0.573 e. The minimum Gasteiger partial charge on any atom is -0.405 e. The molecule has 0 amide bonds. The standard InChI is InChI=1S/C24H27F3N6O/c25-24(26,27)34-19-4-2-1-3-17(19)11-30-21-31-12-18(10-28)20(33-21)32-14-22-6-15-5-16(7-22)9-23(29,8-15)13-22/h1-4,12,15-16H,5-9,11,13-14,29H2,(H2,30,31,32,33). The van der Waals surface area contributed by atoms with Gasteiger partial charge in [-0.25, -0.2) is 4.98 Å². The highest BCUT2D eigenvalue weighted by Crippen LogP contribution is 2.60. The minimum absolute atomic E-state index is 0.0284. The van der Waals surface area contributed by atoms with Gasteiger partial charge in [0.25, 0.3) is 0 Å². The summed E-state index contributed by atoms with van der Waals surface area (Å²) in [6.07, 6.45) is 3.38. The summed E-state index contributed by atoms with van der Waals surface area (Å²) in [5.41, 5.74) is 7.37. The number of hydrogen-bond donors (Lipinski definition) is 3. The van der Waals surface area contributed by atoms with Gasteiger partial charge in [0.15, 0.2) is 0 Å². The molecule has 1 heterocycles. The van der Waals surface area contributed by atoms with Crippen LogP contribution in [0.5, 0.6) is 5.75 Å². The van der Waals surface area contributed by atoms with E-state index >= 15 is 0 Å². The Morgan fingerprint density at radius 1 is 1.15 bits per heavy atom. The second kappa shape index (κ2) is 8.31. The van der Waals surface area contributed by atoms with Crippen LogP contribution in [-0.2, 0) is 6.54 Å². The summed E-state index contributed by atoms with van der Waals surface area (Å²) in [4.78, 5) is 8.59. The lowest BCUT2D eigenvalue weighted by molar-refractivity contribution is -0.274. The molecule has 4 aliphatic carbocycles. The van der Waals surface area contributed by atoms with E-state index in [4.69, 9.17) is 5.73 Å². The first-order chi connectivity index (χ1) is 16.1. The van der Waals surface area contributed by atoms with Crippen molar-refractivity contribution in [1.82, 2.24) is 9.97 Å². The van der Waals surface area contributed by atoms with Crippen molar-refractivity contribution in [2.45, 2.75) is 57.0 Å². The van der Waals surface area contributed by atoms with Crippen LogP contribution in [0.3, 0.4) is 0 Å². The predicted molar refractivity (Wildman–Crippen MR) is 120 cm³/mol. The average molecular weight is 473 g/mol. The zero-order chi connectivity index (χ0) is 24.0. The van der Waals surface area contributed by atoms with Crippen LogP contribution < -0.4 is 21.1 Å². The molecular weight excluding hydrogens is 445 g/mol. The normalized spacial score (nSPS) is 29.5. The van der Waals surface area contributed by atoms with Crippen LogP contribution in [0.2, 0.25) is 0 Å². The molecule has 4 N–H and O–H groups in total. The van der Waals surface area contributed by atoms with E-state index in [9.17, 15) is 18.4 Å². The lowest BCUT2D eigenvalue weighted by Gasteiger charge is -2.61. The SMILES string of the molecule is N#Cc1cnc(NCc2ccccc2OC(F)(F)F)nc1NCC12CC3CC(CC(N)(C3)C1)C2. The molecule has 2 unspecified atom stereocenters. The number of nitrogens with one attached hydrogen (secondary N) is 2. The molecule has 6 rings (SSSR count). The van der Waals surface area contributed by atoms with Crippen molar-refractivity contribution in [1.29, 1.82) is 5.26 Å². The van der Waals surface area contributed by atoms with Crippen molar-refractivity contribution >= 4 is 11.8 Å². The van der Waals surface area contributed by atoms with Crippen molar-refractivity contribution in [3.8, 4) is 11.8 Å². The number of nitrogens with zero attached hydrogens (tertiary/aromatic N) is 3. The van der Waals surface area contributed by atoms with Gasteiger partial charge in [0.1, 0.15) is 23.2 Å². The fourth-order valence-electron chi connectivity index (χ4n) is 6.74. The summed E-state index contributed by atoms with van der Waals surface area (Å²) in [6, 6.07) is 8.00. The zero-order valence-corrected chi connectivity index (χ0v) is 18.7. The molecule has 2 atom stereocenters. The van der Waals surface area contributed by atoms with Gasteiger partial charge in [-0.2, -0.15) is 10.2 Å². The van der Waals surface area contributed by atoms with E-state index in [2.05, 4.69) is 31.4 Å². The monoisotopic (exact) mass is 472 g/mol. The Hall–Kier alpha value is -3.06. The third-order valence-corrected chi connectivity index (χ3v) is 7.40. The molecule has 4 aliphatic rings. The summed E-state index contributed by atoms with van der Waals surface area (Å²) in [5.74, 6) is 1.69. The second-order valence-electron chi connectivity index (χ2n) is 10.3. The zero-order valence-electron chi connectivity index (χ0n) is 18.7. The quantitative estimate of drug-likeness (QED) is 0.542. The summed E-state index contributed by atoms with van der Waals surface area (Å²) < 4.78 is 42.2. The Morgan fingerprint density at radius 2 is 1.88 bits per heavy atom. The smallest absolute Gasteiger partial charge is 0.405 e. The molecule has 180 valence electrons. The molecule has 4 fully saturated rings. The number of nitrogens with two attached hydrogens (primary N) is 1. The van der Waals surface area contributed by atoms with Gasteiger partial charge in [0.05, 0.1) is 6.20 Å². The Kier molecular flexibility index (Phi) is 5.55. The van der Waals surface area contributed by atoms with Crippen LogP contribution in [0, 0.1) is 28.6 Å². The maximum atomic E-state index is 12.7. The number of ether oxygens (including phenoxy) is 1. The molecule has 4 bridgehead atoms. The van der Waals surface area contributed by atoms with E-state index in [1.165, 1.54) is 30.8 Å². The lowest BCUT2D eigenvalue weighted by Crippen LogP contribution is -2.61. The highest BCUT2D eigenvalue weighted by molar-refractivity contribution is 5.53. The highest BCUT2D eigenvalue weighted by Gasteiger charge is 2.56. The van der Waals surface area contributed by atoms with Crippen molar-refractivity contribution in [3.05, 3.63) is 41.6 Å². The third kappa shape index (κ3) is 4.75. The average Bonchev–Trinajstić information content (AvgIpc) is 2.74. The molecule has 34 heavy (non-hydrogen) atoms. The molecule has 0 aliphatic heterocycles. The Balaban J connectivity index is 1.28. The third-order valence-electron chi connectivity index (χ3n) is 7.40. The van der Waals surface area contributed by atoms with Gasteiger partial charge in [-0.05, 0) is 61.8 Å². The van der Waals surface area contributed by atoms with E-state index in [1.54, 1.807) is 6.07 Å². The fourth-order valence-corrected chi connectivity index (χ4v) is 6.74. The van der Waals surface area contributed by atoms with E-state index < -0.39 is 6.36 Å². The van der Waals surface area contributed by atoms with Gasteiger partial charge < -0.3 is 21.1 Å². The minimum atomic E-state index is -4.78. The first kappa shape index (κ1) is 22.7. The van der Waals surface area contributed by atoms with Crippen molar-refractivity contribution in [2.24, 2.45) is 23.0 Å². The van der Waals surface area contributed by atoms with Crippen LogP contribution in [0.25, 0.3) is 0 Å². The predicted octanol–water partition coefficient (Wildman–Crippen LogP) is 4.57. The molecule has 2 aromatic rings. The van der Waals surface area contributed by atoms with Gasteiger partial charge in [-0.3, -0.25) is 0 Å². The topological polar surface area (TPSA) is 109 Å². The number of para-hydroxylation sites is 1. The molecular formula is C24H27F3N6O. The van der Waals surface area contributed by atoms with Gasteiger partial charge in [-0.1, -0.05) is 18.2 Å². The van der Waals surface area contributed by atoms with Crippen LogP contribution in [0.1, 0.15) is 49.7 Å². The summed E-state index contributed by atoms with van der Waals surface area (Å²) in [6.45, 7) is 0.715. The molecule has 4 saturated carbocycles. The van der Waals surface area contributed by atoms with Crippen LogP contribution in [0.15, 0.2) is 30.5 Å². The van der Waals surface area contributed by atoms with Gasteiger partial charge in [-0.15, -0.1) is 13.2 Å². The molecule has 0 saturated heterocycles. The summed E-state index contributed by atoms with van der Waals surface area (Å²) in [7, 11) is 0. The van der Waals surface area contributed by atoms with Gasteiger partial charge >= 0.3 is 6.36 Å². The summed E-state index contributed by atoms with van der Waals surface area (Å²) >= 11 is 0. The first-order valence-corrected chi connectivity index (χ1v) is 11.5. The second-order valence-corrected chi connectivity index (χ2v) is 10.3. The van der Waals surface area contributed by atoms with Gasteiger partial charge in [0.2, 0.25) is 5.95 Å². The number of aromatic nitrogens is 2. The number of hydrogen-bond acceptors (Lipinski definition) is 7. The van der Waals surface area contributed by atoms with Gasteiger partial charge in [0, 0.05) is 24.2 Å². The number of anilines is 2. The number of rotatable bonds is 7. The fraction of sp³-hybridized carbons (Fsp3) is 0.542. The molecule has 0 radical (unpaired) electrons. The molecule has 0 spiro atoms. The maximum absolute atomic E-state index is 12.7. The summed E-state index contributed by atoms with van der Waals surface area (Å²) in [5, 5.41) is 15.8. The van der Waals surface area contributed by atoms with Crippen LogP contribution in [0.4, 0.5) is 24.9 Å². The molecule has 7 nitrogen and oxygen atoms in total. The lowest BCUT2D eigenvalue weighted by atomic mass is 9.47. The number of halogens is 3. The van der Waals surface area contributed by atoms with Crippen LogP contribution in [-0.4, -0.2) is 28.4 Å². The van der Waals surface area contributed by atoms with Crippen molar-refractivity contribution in [3.63, 3.8) is 0 Å². The molecule has 1 aromatic heterocycles.